The fourth-order valence-corrected chi connectivity index (χ4v) is 12.2. The Morgan fingerprint density at radius 3 is 0.916 bits per heavy atom. The molecule has 2 unspecified atom stereocenters. The molecule has 0 heterocycles. The highest BCUT2D eigenvalue weighted by molar-refractivity contribution is 5.76. The number of hydrogen-bond donors (Lipinski definition) is 3. The van der Waals surface area contributed by atoms with Gasteiger partial charge in [-0.15, -0.1) is 0 Å². The topological polar surface area (TPSA) is 95.9 Å². The van der Waals surface area contributed by atoms with Gasteiger partial charge in [0.1, 0.15) is 0 Å². The molecule has 1 amide bonds. The molecule has 492 valence electrons. The van der Waals surface area contributed by atoms with Gasteiger partial charge in [0.15, 0.2) is 0 Å². The lowest BCUT2D eigenvalue weighted by atomic mass is 10.0. The molecule has 0 fully saturated rings. The average molecular weight is 1170 g/mol. The van der Waals surface area contributed by atoms with Crippen LogP contribution in [-0.4, -0.2) is 47.4 Å². The molecule has 0 aromatic rings. The first-order valence-electron chi connectivity index (χ1n) is 38.1. The molecule has 0 aromatic heterocycles. The highest BCUT2D eigenvalue weighted by atomic mass is 16.5. The van der Waals surface area contributed by atoms with E-state index in [1.165, 1.54) is 353 Å². The zero-order chi connectivity index (χ0) is 59.9. The van der Waals surface area contributed by atoms with Crippen molar-refractivity contribution in [3.63, 3.8) is 0 Å². The number of allylic oxidation sites excluding steroid dienone is 4. The van der Waals surface area contributed by atoms with E-state index in [0.717, 1.165) is 44.9 Å². The molecule has 0 bridgehead atoms. The van der Waals surface area contributed by atoms with E-state index in [2.05, 4.69) is 43.5 Å². The van der Waals surface area contributed by atoms with Crippen LogP contribution < -0.4 is 5.32 Å². The van der Waals surface area contributed by atoms with E-state index in [9.17, 15) is 19.8 Å². The van der Waals surface area contributed by atoms with Crippen molar-refractivity contribution in [2.75, 3.05) is 13.2 Å². The Kier molecular flexibility index (Phi) is 71.4. The fraction of sp³-hybridized carbons (Fsp3) is 0.922. The van der Waals surface area contributed by atoms with Crippen LogP contribution in [0.25, 0.3) is 0 Å². The third-order valence-electron chi connectivity index (χ3n) is 18.0. The van der Waals surface area contributed by atoms with Crippen LogP contribution in [0.4, 0.5) is 0 Å². The summed E-state index contributed by atoms with van der Waals surface area (Å²) in [6.45, 7) is 4.98. The summed E-state index contributed by atoms with van der Waals surface area (Å²) in [7, 11) is 0. The van der Waals surface area contributed by atoms with Gasteiger partial charge >= 0.3 is 5.97 Å². The van der Waals surface area contributed by atoms with Gasteiger partial charge in [-0.05, 0) is 57.8 Å². The van der Waals surface area contributed by atoms with Gasteiger partial charge in [0.2, 0.25) is 5.91 Å². The van der Waals surface area contributed by atoms with E-state index >= 15 is 0 Å². The van der Waals surface area contributed by atoms with E-state index in [1.54, 1.807) is 0 Å². The Bertz CT molecular complexity index is 1300. The van der Waals surface area contributed by atoms with Crippen LogP contribution in [0.5, 0.6) is 0 Å². The quantitative estimate of drug-likeness (QED) is 0.0320. The van der Waals surface area contributed by atoms with Crippen molar-refractivity contribution in [2.45, 2.75) is 443 Å². The molecule has 0 radical (unpaired) electrons. The van der Waals surface area contributed by atoms with Crippen molar-refractivity contribution in [3.05, 3.63) is 24.3 Å². The van der Waals surface area contributed by atoms with Crippen molar-refractivity contribution in [1.29, 1.82) is 0 Å². The molecular weight excluding hydrogens is 1020 g/mol. The summed E-state index contributed by atoms with van der Waals surface area (Å²) in [4.78, 5) is 24.6. The molecule has 83 heavy (non-hydrogen) atoms. The molecule has 0 saturated carbocycles. The Hall–Kier alpha value is -1.66. The van der Waals surface area contributed by atoms with Gasteiger partial charge in [0.05, 0.1) is 25.4 Å². The van der Waals surface area contributed by atoms with Gasteiger partial charge in [0.25, 0.3) is 0 Å². The van der Waals surface area contributed by atoms with Gasteiger partial charge < -0.3 is 20.3 Å². The van der Waals surface area contributed by atoms with Crippen LogP contribution in [0.3, 0.4) is 0 Å². The second-order valence-electron chi connectivity index (χ2n) is 26.3. The smallest absolute Gasteiger partial charge is 0.305 e. The number of amides is 1. The van der Waals surface area contributed by atoms with Crippen molar-refractivity contribution >= 4 is 11.9 Å². The highest BCUT2D eigenvalue weighted by Crippen LogP contribution is 2.20. The van der Waals surface area contributed by atoms with Gasteiger partial charge in [-0.25, -0.2) is 0 Å². The average Bonchev–Trinajstić information content (AvgIpc) is 3.50. The summed E-state index contributed by atoms with van der Waals surface area (Å²) in [6, 6.07) is -0.537. The molecule has 6 heteroatoms. The normalized spacial score (nSPS) is 12.6. The third kappa shape index (κ3) is 69.3. The lowest BCUT2D eigenvalue weighted by molar-refractivity contribution is -0.143. The summed E-state index contributed by atoms with van der Waals surface area (Å²) in [5, 5.41) is 23.2. The highest BCUT2D eigenvalue weighted by Gasteiger charge is 2.20. The second kappa shape index (κ2) is 72.8. The number of esters is 1. The van der Waals surface area contributed by atoms with Crippen LogP contribution in [0.1, 0.15) is 431 Å². The van der Waals surface area contributed by atoms with Crippen molar-refractivity contribution in [1.82, 2.24) is 5.32 Å². The molecule has 3 N–H and O–H groups in total. The first-order valence-corrected chi connectivity index (χ1v) is 38.1. The number of ether oxygens (including phenoxy) is 1. The maximum absolute atomic E-state index is 12.5. The maximum Gasteiger partial charge on any atom is 0.305 e. The molecule has 0 aliphatic rings. The van der Waals surface area contributed by atoms with Gasteiger partial charge in [0, 0.05) is 12.8 Å². The Balaban J connectivity index is 3.31. The Labute approximate surface area is 520 Å². The van der Waals surface area contributed by atoms with E-state index < -0.39 is 12.1 Å². The number of hydrogen-bond acceptors (Lipinski definition) is 5. The predicted octanol–water partition coefficient (Wildman–Crippen LogP) is 24.9. The largest absolute Gasteiger partial charge is 0.466 e. The minimum Gasteiger partial charge on any atom is -0.466 e. The second-order valence-corrected chi connectivity index (χ2v) is 26.3. The van der Waals surface area contributed by atoms with Crippen LogP contribution >= 0.6 is 0 Å². The summed E-state index contributed by atoms with van der Waals surface area (Å²) in [5.74, 6) is -0.00640. The number of rotatable bonds is 72. The molecule has 6 nitrogen and oxygen atoms in total. The van der Waals surface area contributed by atoms with E-state index in [4.69, 9.17) is 4.74 Å². The zero-order valence-corrected chi connectivity index (χ0v) is 56.5. The predicted molar refractivity (Wildman–Crippen MR) is 366 cm³/mol. The third-order valence-corrected chi connectivity index (χ3v) is 18.0. The number of nitrogens with one attached hydrogen (secondary N) is 1. The molecule has 2 atom stereocenters. The van der Waals surface area contributed by atoms with Crippen molar-refractivity contribution in [3.8, 4) is 0 Å². The van der Waals surface area contributed by atoms with Gasteiger partial charge in [-0.2, -0.15) is 0 Å². The lowest BCUT2D eigenvalue weighted by Gasteiger charge is -2.22. The summed E-state index contributed by atoms with van der Waals surface area (Å²) < 4.78 is 5.51. The Morgan fingerprint density at radius 1 is 0.337 bits per heavy atom. The lowest BCUT2D eigenvalue weighted by Crippen LogP contribution is -2.45. The number of aliphatic hydroxyl groups is 2. The number of carbonyl (C=O) groups excluding carboxylic acids is 2. The van der Waals surface area contributed by atoms with Crippen LogP contribution in [0.2, 0.25) is 0 Å². The van der Waals surface area contributed by atoms with Crippen LogP contribution in [-0.2, 0) is 14.3 Å². The Morgan fingerprint density at radius 2 is 0.602 bits per heavy atom. The number of carbonyl (C=O) groups is 2. The monoisotopic (exact) mass is 1170 g/mol. The molecule has 0 aliphatic carbocycles. The summed E-state index contributed by atoms with van der Waals surface area (Å²) >= 11 is 0. The first kappa shape index (κ1) is 81.3. The van der Waals surface area contributed by atoms with Gasteiger partial charge in [-0.1, -0.05) is 385 Å². The number of unbranched alkanes of at least 4 members (excludes halogenated alkanes) is 57. The van der Waals surface area contributed by atoms with Crippen LogP contribution in [0.15, 0.2) is 24.3 Å². The number of aliphatic hydroxyl groups excluding tert-OH is 2. The van der Waals surface area contributed by atoms with Crippen molar-refractivity contribution < 1.29 is 24.5 Å². The van der Waals surface area contributed by atoms with E-state index in [1.807, 2.05) is 0 Å². The standard InChI is InChI=1S/C77H149NO5/c1-3-5-7-9-11-13-15-16-17-41-45-48-51-55-59-63-67-71-77(82)83-72-68-64-60-56-52-49-46-43-40-38-36-34-32-30-28-26-24-22-20-18-19-21-23-25-27-29-31-33-35-37-39-42-44-47-50-54-58-62-66-70-76(81)78-74(73-79)75(80)69-65-61-57-53-14-12-10-8-6-4-2/h18-19,22,24,74-75,79-80H,3-17,20-21,23,25-73H2,1-2H3,(H,78,81)/b19-18-,24-22-. The van der Waals surface area contributed by atoms with E-state index in [0.29, 0.717) is 25.9 Å². The summed E-state index contributed by atoms with van der Waals surface area (Å²) in [5.41, 5.74) is 0. The first-order chi connectivity index (χ1) is 41.0. The molecule has 0 saturated heterocycles. The fourth-order valence-electron chi connectivity index (χ4n) is 12.2. The minimum atomic E-state index is -0.660. The molecule has 0 aliphatic heterocycles. The van der Waals surface area contributed by atoms with E-state index in [-0.39, 0.29) is 18.5 Å². The SMILES string of the molecule is CCCCCCCCCCCCCCCCCCCC(=O)OCCCCCCCCCCCCCCCCC/C=C\C/C=C\CCCCCCCCCCCCCCCCCCCC(=O)NC(CO)C(O)CCCCCCCCCCCC. The van der Waals surface area contributed by atoms with Gasteiger partial charge in [-0.3, -0.25) is 9.59 Å². The molecule has 0 aromatic carbocycles. The molecule has 0 spiro atoms. The minimum absolute atomic E-state index is 0.0250. The van der Waals surface area contributed by atoms with Crippen molar-refractivity contribution in [2.24, 2.45) is 0 Å². The van der Waals surface area contributed by atoms with Crippen LogP contribution in [0, 0.1) is 0 Å². The molecule has 0 rings (SSSR count). The summed E-state index contributed by atoms with van der Waals surface area (Å²) in [6.07, 6.45) is 92.8. The maximum atomic E-state index is 12.5. The zero-order valence-electron chi connectivity index (χ0n) is 56.5. The molecular formula is C77H149NO5.